The summed E-state index contributed by atoms with van der Waals surface area (Å²) in [7, 11) is 1.66. The van der Waals surface area contributed by atoms with Crippen LogP contribution in [0, 0.1) is 17.0 Å². The number of hydrogen-bond donors (Lipinski definition) is 1. The lowest BCUT2D eigenvalue weighted by Gasteiger charge is -2.00. The molecular formula is C13H18N2O3. The lowest BCUT2D eigenvalue weighted by molar-refractivity contribution is -0.385. The van der Waals surface area contributed by atoms with Crippen LogP contribution in [0.2, 0.25) is 0 Å². The largest absolute Gasteiger partial charge is 0.383 e. The van der Waals surface area contributed by atoms with E-state index >= 15 is 0 Å². The Morgan fingerprint density at radius 1 is 1.50 bits per heavy atom. The minimum absolute atomic E-state index is 0.157. The fourth-order valence-electron chi connectivity index (χ4n) is 1.48. The number of rotatable bonds is 7. The van der Waals surface area contributed by atoms with Crippen LogP contribution in [0.25, 0.3) is 6.08 Å². The molecule has 1 aromatic rings. The quantitative estimate of drug-likeness (QED) is 0.457. The van der Waals surface area contributed by atoms with Crippen molar-refractivity contribution in [1.29, 1.82) is 0 Å². The number of ether oxygens (including phenoxy) is 1. The van der Waals surface area contributed by atoms with Crippen molar-refractivity contribution in [3.05, 3.63) is 45.5 Å². The van der Waals surface area contributed by atoms with Crippen LogP contribution in [0.4, 0.5) is 5.69 Å². The van der Waals surface area contributed by atoms with Gasteiger partial charge in [-0.15, -0.1) is 0 Å². The van der Waals surface area contributed by atoms with Crippen molar-refractivity contribution < 1.29 is 9.66 Å². The maximum absolute atomic E-state index is 10.8. The van der Waals surface area contributed by atoms with Gasteiger partial charge >= 0.3 is 0 Å². The molecule has 0 bridgehead atoms. The molecule has 0 aliphatic carbocycles. The van der Waals surface area contributed by atoms with E-state index in [-0.39, 0.29) is 10.6 Å². The van der Waals surface area contributed by atoms with Crippen LogP contribution >= 0.6 is 0 Å². The Morgan fingerprint density at radius 2 is 2.28 bits per heavy atom. The monoisotopic (exact) mass is 250 g/mol. The fourth-order valence-corrected chi connectivity index (χ4v) is 1.48. The molecule has 1 aromatic carbocycles. The van der Waals surface area contributed by atoms with Gasteiger partial charge in [-0.25, -0.2) is 0 Å². The fraction of sp³-hybridized carbons (Fsp3) is 0.385. The van der Waals surface area contributed by atoms with Gasteiger partial charge in [-0.05, 0) is 12.5 Å². The van der Waals surface area contributed by atoms with E-state index in [1.165, 1.54) is 0 Å². The van der Waals surface area contributed by atoms with Gasteiger partial charge in [-0.1, -0.05) is 24.3 Å². The van der Waals surface area contributed by atoms with E-state index in [4.69, 9.17) is 4.74 Å². The van der Waals surface area contributed by atoms with E-state index in [2.05, 4.69) is 5.32 Å². The molecule has 5 heteroatoms. The summed E-state index contributed by atoms with van der Waals surface area (Å²) in [5.74, 6) is 0. The Bertz CT molecular complexity index is 430. The number of nitrogens with one attached hydrogen (secondary N) is 1. The highest BCUT2D eigenvalue weighted by Gasteiger charge is 2.09. The maximum Gasteiger partial charge on any atom is 0.272 e. The van der Waals surface area contributed by atoms with E-state index in [1.807, 2.05) is 18.2 Å². The summed E-state index contributed by atoms with van der Waals surface area (Å²) in [6.45, 7) is 3.90. The highest BCUT2D eigenvalue weighted by molar-refractivity contribution is 5.56. The van der Waals surface area contributed by atoms with Gasteiger partial charge in [0.05, 0.1) is 11.5 Å². The predicted molar refractivity (Wildman–Crippen MR) is 71.6 cm³/mol. The molecule has 0 aliphatic rings. The van der Waals surface area contributed by atoms with Crippen molar-refractivity contribution in [3.8, 4) is 0 Å². The Morgan fingerprint density at radius 3 is 2.94 bits per heavy atom. The number of nitro groups is 1. The average molecular weight is 250 g/mol. The minimum atomic E-state index is -0.358. The second-order valence-corrected chi connectivity index (χ2v) is 3.90. The molecule has 0 aromatic heterocycles. The molecule has 0 unspecified atom stereocenters. The molecule has 0 aliphatic heterocycles. The Balaban J connectivity index is 2.54. The third-order valence-electron chi connectivity index (χ3n) is 2.49. The zero-order valence-corrected chi connectivity index (χ0v) is 10.7. The van der Waals surface area contributed by atoms with Crippen molar-refractivity contribution in [2.24, 2.45) is 0 Å². The molecule has 1 rings (SSSR count). The first-order chi connectivity index (χ1) is 8.65. The van der Waals surface area contributed by atoms with Crippen LogP contribution in [-0.4, -0.2) is 31.7 Å². The lowest BCUT2D eigenvalue weighted by atomic mass is 10.1. The standard InChI is InChI=1S/C13H18N2O3/c1-11-5-6-12(10-13(11)15(16)17)4-3-7-14-8-9-18-2/h3-6,10,14H,7-9H2,1-2H3. The second kappa shape index (κ2) is 7.58. The number of nitro benzene ring substituents is 1. The molecule has 1 N–H and O–H groups in total. The highest BCUT2D eigenvalue weighted by Crippen LogP contribution is 2.19. The Labute approximate surface area is 107 Å². The Hall–Kier alpha value is -1.72. The van der Waals surface area contributed by atoms with Crippen LogP contribution in [0.1, 0.15) is 11.1 Å². The van der Waals surface area contributed by atoms with E-state index in [1.54, 1.807) is 26.2 Å². The second-order valence-electron chi connectivity index (χ2n) is 3.90. The molecule has 0 amide bonds. The van der Waals surface area contributed by atoms with Crippen LogP contribution in [0.3, 0.4) is 0 Å². The average Bonchev–Trinajstić information content (AvgIpc) is 2.35. The van der Waals surface area contributed by atoms with E-state index in [0.717, 1.165) is 12.1 Å². The van der Waals surface area contributed by atoms with Gasteiger partial charge in [-0.2, -0.15) is 0 Å². The SMILES string of the molecule is COCCNCC=Cc1ccc(C)c([N+](=O)[O-])c1. The molecule has 0 atom stereocenters. The van der Waals surface area contributed by atoms with E-state index < -0.39 is 0 Å². The predicted octanol–water partition coefficient (Wildman–Crippen LogP) is 2.15. The van der Waals surface area contributed by atoms with Crippen molar-refractivity contribution in [3.63, 3.8) is 0 Å². The first kappa shape index (κ1) is 14.3. The zero-order chi connectivity index (χ0) is 13.4. The van der Waals surface area contributed by atoms with Crippen molar-refractivity contribution in [1.82, 2.24) is 5.32 Å². The number of nitrogens with zero attached hydrogens (tertiary/aromatic N) is 1. The lowest BCUT2D eigenvalue weighted by Crippen LogP contribution is -2.18. The zero-order valence-electron chi connectivity index (χ0n) is 10.7. The van der Waals surface area contributed by atoms with Crippen molar-refractivity contribution in [2.75, 3.05) is 26.8 Å². The number of hydrogen-bond acceptors (Lipinski definition) is 4. The first-order valence-electron chi connectivity index (χ1n) is 5.76. The summed E-state index contributed by atoms with van der Waals surface area (Å²) in [5, 5.41) is 13.9. The first-order valence-corrected chi connectivity index (χ1v) is 5.76. The molecule has 5 nitrogen and oxygen atoms in total. The van der Waals surface area contributed by atoms with Crippen molar-refractivity contribution in [2.45, 2.75) is 6.92 Å². The number of methoxy groups -OCH3 is 1. The van der Waals surface area contributed by atoms with Gasteiger partial charge in [0.25, 0.3) is 5.69 Å². The summed E-state index contributed by atoms with van der Waals surface area (Å²) >= 11 is 0. The molecule has 0 heterocycles. The smallest absolute Gasteiger partial charge is 0.272 e. The molecule has 0 radical (unpaired) electrons. The minimum Gasteiger partial charge on any atom is -0.383 e. The summed E-state index contributed by atoms with van der Waals surface area (Å²) in [6, 6.07) is 5.21. The van der Waals surface area contributed by atoms with Crippen molar-refractivity contribution >= 4 is 11.8 Å². The number of benzene rings is 1. The van der Waals surface area contributed by atoms with Gasteiger partial charge < -0.3 is 10.1 Å². The summed E-state index contributed by atoms with van der Waals surface area (Å²) < 4.78 is 4.90. The molecule has 18 heavy (non-hydrogen) atoms. The molecule has 0 spiro atoms. The topological polar surface area (TPSA) is 64.4 Å². The van der Waals surface area contributed by atoms with Gasteiger partial charge in [0, 0.05) is 31.8 Å². The van der Waals surface area contributed by atoms with Gasteiger partial charge in [-0.3, -0.25) is 10.1 Å². The van der Waals surface area contributed by atoms with E-state index in [0.29, 0.717) is 18.7 Å². The van der Waals surface area contributed by atoms with Gasteiger partial charge in [0.1, 0.15) is 0 Å². The Kier molecular flexibility index (Phi) is 6.04. The highest BCUT2D eigenvalue weighted by atomic mass is 16.6. The van der Waals surface area contributed by atoms with E-state index in [9.17, 15) is 10.1 Å². The maximum atomic E-state index is 10.8. The molecule has 0 saturated heterocycles. The summed E-state index contributed by atoms with van der Waals surface area (Å²) in [5.41, 5.74) is 1.67. The third kappa shape index (κ3) is 4.65. The van der Waals surface area contributed by atoms with Crippen LogP contribution < -0.4 is 5.32 Å². The normalized spacial score (nSPS) is 11.0. The van der Waals surface area contributed by atoms with Crippen LogP contribution in [-0.2, 0) is 4.74 Å². The molecule has 98 valence electrons. The van der Waals surface area contributed by atoms with Crippen LogP contribution in [0.5, 0.6) is 0 Å². The number of aryl methyl sites for hydroxylation is 1. The molecular weight excluding hydrogens is 232 g/mol. The van der Waals surface area contributed by atoms with Crippen LogP contribution in [0.15, 0.2) is 24.3 Å². The summed E-state index contributed by atoms with van der Waals surface area (Å²) in [4.78, 5) is 10.4. The van der Waals surface area contributed by atoms with Gasteiger partial charge in [0.15, 0.2) is 0 Å². The molecule has 0 saturated carbocycles. The third-order valence-corrected chi connectivity index (χ3v) is 2.49. The molecule has 0 fully saturated rings. The summed E-state index contributed by atoms with van der Waals surface area (Å²) in [6.07, 6.45) is 3.80. The van der Waals surface area contributed by atoms with Gasteiger partial charge in [0.2, 0.25) is 0 Å².